The van der Waals surface area contributed by atoms with Crippen LogP contribution >= 0.6 is 0 Å². The largest absolute Gasteiger partial charge is 0.395 e. The van der Waals surface area contributed by atoms with Gasteiger partial charge in [0.25, 0.3) is 5.56 Å². The molecule has 3 N–H and O–H groups in total. The van der Waals surface area contributed by atoms with Gasteiger partial charge in [0, 0.05) is 30.2 Å². The minimum absolute atomic E-state index is 0.183. The molecule has 1 aliphatic rings. The predicted octanol–water partition coefficient (Wildman–Crippen LogP) is 4.04. The topological polar surface area (TPSA) is 94.1 Å². The third-order valence-corrected chi connectivity index (χ3v) is 6.52. The standard InChI is InChI=1S/C27H29N5O2/c1-18-4-2-6-23(29-18)24-16-20-11-13-28-27(34)25(20)26(31-24)30-21-9-7-19(8-10-21)12-15-32-14-3-5-22(32)17-33/h2,4,6-11,13,16,22,33H,3,5,12,14-15,17H2,1H3,(H,28,34)(H,30,31)/t22-/m0/s1. The molecule has 1 fully saturated rings. The molecule has 1 aromatic carbocycles. The van der Waals surface area contributed by atoms with Gasteiger partial charge in [0.2, 0.25) is 0 Å². The van der Waals surface area contributed by atoms with Gasteiger partial charge < -0.3 is 15.4 Å². The number of hydrogen-bond acceptors (Lipinski definition) is 6. The first-order valence-electron chi connectivity index (χ1n) is 11.8. The third-order valence-electron chi connectivity index (χ3n) is 6.52. The zero-order chi connectivity index (χ0) is 23.5. The molecule has 0 bridgehead atoms. The summed E-state index contributed by atoms with van der Waals surface area (Å²) >= 11 is 0. The van der Waals surface area contributed by atoms with E-state index in [1.54, 1.807) is 6.20 Å². The van der Waals surface area contributed by atoms with Crippen molar-refractivity contribution in [2.45, 2.75) is 32.2 Å². The summed E-state index contributed by atoms with van der Waals surface area (Å²) in [6.07, 6.45) is 4.83. The lowest BCUT2D eigenvalue weighted by molar-refractivity contribution is 0.160. The number of aryl methyl sites for hydroxylation is 1. The van der Waals surface area contributed by atoms with Crippen molar-refractivity contribution in [2.75, 3.05) is 25.0 Å². The van der Waals surface area contributed by atoms with Gasteiger partial charge in [-0.05, 0) is 80.1 Å². The maximum Gasteiger partial charge on any atom is 0.259 e. The summed E-state index contributed by atoms with van der Waals surface area (Å²) in [6, 6.07) is 18.2. The third kappa shape index (κ3) is 4.71. The molecule has 0 radical (unpaired) electrons. The first-order chi connectivity index (χ1) is 16.6. The molecule has 7 heteroatoms. The Balaban J connectivity index is 1.40. The highest BCUT2D eigenvalue weighted by Crippen LogP contribution is 2.27. The van der Waals surface area contributed by atoms with Gasteiger partial charge in [-0.1, -0.05) is 18.2 Å². The number of aromatic amines is 1. The van der Waals surface area contributed by atoms with Crippen molar-refractivity contribution in [3.8, 4) is 11.4 Å². The number of pyridine rings is 3. The summed E-state index contributed by atoms with van der Waals surface area (Å²) in [6.45, 7) is 4.19. The van der Waals surface area contributed by atoms with Crippen molar-refractivity contribution in [2.24, 2.45) is 0 Å². The monoisotopic (exact) mass is 455 g/mol. The number of likely N-dealkylation sites (tertiary alicyclic amines) is 1. The van der Waals surface area contributed by atoms with E-state index < -0.39 is 0 Å². The molecule has 4 heterocycles. The maximum atomic E-state index is 12.6. The molecule has 1 aliphatic heterocycles. The fourth-order valence-electron chi connectivity index (χ4n) is 4.68. The van der Waals surface area contributed by atoms with Crippen LogP contribution in [0.3, 0.4) is 0 Å². The van der Waals surface area contributed by atoms with Crippen LogP contribution in [0.25, 0.3) is 22.2 Å². The Hall–Kier alpha value is -3.55. The quantitative estimate of drug-likeness (QED) is 0.389. The molecule has 4 aromatic rings. The van der Waals surface area contributed by atoms with Gasteiger partial charge in [0.1, 0.15) is 5.82 Å². The Labute approximate surface area is 198 Å². The van der Waals surface area contributed by atoms with Crippen molar-refractivity contribution >= 4 is 22.3 Å². The average Bonchev–Trinajstić information content (AvgIpc) is 3.31. The van der Waals surface area contributed by atoms with E-state index in [0.29, 0.717) is 22.9 Å². The van der Waals surface area contributed by atoms with E-state index in [2.05, 4.69) is 32.3 Å². The van der Waals surface area contributed by atoms with Gasteiger partial charge in [-0.2, -0.15) is 0 Å². The van der Waals surface area contributed by atoms with Gasteiger partial charge in [0.15, 0.2) is 0 Å². The number of nitrogens with one attached hydrogen (secondary N) is 2. The molecule has 5 rings (SSSR count). The lowest BCUT2D eigenvalue weighted by Crippen LogP contribution is -2.33. The van der Waals surface area contributed by atoms with Gasteiger partial charge in [-0.15, -0.1) is 0 Å². The second-order valence-corrected chi connectivity index (χ2v) is 8.88. The second kappa shape index (κ2) is 9.75. The predicted molar refractivity (Wildman–Crippen MR) is 135 cm³/mol. The normalized spacial score (nSPS) is 16.2. The highest BCUT2D eigenvalue weighted by Gasteiger charge is 2.22. The summed E-state index contributed by atoms with van der Waals surface area (Å²) < 4.78 is 0. The molecule has 0 saturated carbocycles. The molecule has 174 valence electrons. The summed E-state index contributed by atoms with van der Waals surface area (Å²) in [5.41, 5.74) is 4.31. The molecule has 1 saturated heterocycles. The lowest BCUT2D eigenvalue weighted by atomic mass is 10.1. The van der Waals surface area contributed by atoms with Crippen LogP contribution in [0.2, 0.25) is 0 Å². The van der Waals surface area contributed by atoms with Crippen LogP contribution < -0.4 is 10.9 Å². The molecule has 34 heavy (non-hydrogen) atoms. The minimum Gasteiger partial charge on any atom is -0.395 e. The number of anilines is 2. The number of nitrogens with zero attached hydrogens (tertiary/aromatic N) is 3. The Morgan fingerprint density at radius 3 is 2.76 bits per heavy atom. The van der Waals surface area contributed by atoms with Gasteiger partial charge in [-0.25, -0.2) is 4.98 Å². The van der Waals surface area contributed by atoms with Crippen molar-refractivity contribution in [1.29, 1.82) is 0 Å². The minimum atomic E-state index is -0.183. The highest BCUT2D eigenvalue weighted by molar-refractivity contribution is 5.94. The van der Waals surface area contributed by atoms with Crippen LogP contribution in [-0.4, -0.2) is 50.7 Å². The van der Waals surface area contributed by atoms with E-state index >= 15 is 0 Å². The van der Waals surface area contributed by atoms with E-state index in [9.17, 15) is 9.90 Å². The molecule has 1 atom stereocenters. The Morgan fingerprint density at radius 1 is 1.12 bits per heavy atom. The Morgan fingerprint density at radius 2 is 1.97 bits per heavy atom. The zero-order valence-electron chi connectivity index (χ0n) is 19.3. The number of aliphatic hydroxyl groups excluding tert-OH is 1. The van der Waals surface area contributed by atoms with E-state index in [1.807, 2.05) is 49.4 Å². The smallest absolute Gasteiger partial charge is 0.259 e. The Bertz CT molecular complexity index is 1350. The number of rotatable bonds is 7. The van der Waals surface area contributed by atoms with Crippen molar-refractivity contribution in [3.05, 3.63) is 82.4 Å². The summed E-state index contributed by atoms with van der Waals surface area (Å²) in [4.78, 5) is 27.1. The maximum absolute atomic E-state index is 12.6. The van der Waals surface area contributed by atoms with Crippen molar-refractivity contribution in [1.82, 2.24) is 19.9 Å². The number of fused-ring (bicyclic) bond motifs is 1. The zero-order valence-corrected chi connectivity index (χ0v) is 19.3. The van der Waals surface area contributed by atoms with Gasteiger partial charge >= 0.3 is 0 Å². The van der Waals surface area contributed by atoms with Crippen LogP contribution in [0.4, 0.5) is 11.5 Å². The number of benzene rings is 1. The van der Waals surface area contributed by atoms with Crippen molar-refractivity contribution in [3.63, 3.8) is 0 Å². The molecule has 7 nitrogen and oxygen atoms in total. The van der Waals surface area contributed by atoms with E-state index in [4.69, 9.17) is 4.98 Å². The molecular formula is C27H29N5O2. The van der Waals surface area contributed by atoms with Crippen LogP contribution in [0.5, 0.6) is 0 Å². The number of hydrogen-bond donors (Lipinski definition) is 3. The van der Waals surface area contributed by atoms with Crippen molar-refractivity contribution < 1.29 is 5.11 Å². The lowest BCUT2D eigenvalue weighted by Gasteiger charge is -2.22. The fraction of sp³-hybridized carbons (Fsp3) is 0.296. The molecular weight excluding hydrogens is 426 g/mol. The van der Waals surface area contributed by atoms with E-state index in [-0.39, 0.29) is 12.2 Å². The van der Waals surface area contributed by atoms with Gasteiger partial charge in [-0.3, -0.25) is 14.7 Å². The molecule has 0 spiro atoms. The molecule has 3 aromatic heterocycles. The first-order valence-corrected chi connectivity index (χ1v) is 11.8. The van der Waals surface area contributed by atoms with Crippen LogP contribution in [-0.2, 0) is 6.42 Å². The second-order valence-electron chi connectivity index (χ2n) is 8.88. The molecule has 0 amide bonds. The van der Waals surface area contributed by atoms with Crippen LogP contribution in [0.1, 0.15) is 24.1 Å². The molecule has 0 unspecified atom stereocenters. The number of aliphatic hydroxyl groups is 1. The molecule has 0 aliphatic carbocycles. The van der Waals surface area contributed by atoms with Crippen LogP contribution in [0, 0.1) is 6.92 Å². The van der Waals surface area contributed by atoms with E-state index in [0.717, 1.165) is 54.8 Å². The number of aromatic nitrogens is 3. The fourth-order valence-corrected chi connectivity index (χ4v) is 4.68. The number of H-pyrrole nitrogens is 1. The summed E-state index contributed by atoms with van der Waals surface area (Å²) in [5, 5.41) is 14.2. The summed E-state index contributed by atoms with van der Waals surface area (Å²) in [7, 11) is 0. The van der Waals surface area contributed by atoms with Gasteiger partial charge in [0.05, 0.1) is 23.4 Å². The summed E-state index contributed by atoms with van der Waals surface area (Å²) in [5.74, 6) is 0.508. The van der Waals surface area contributed by atoms with E-state index in [1.165, 1.54) is 5.56 Å². The Kier molecular flexibility index (Phi) is 6.38. The average molecular weight is 456 g/mol. The first kappa shape index (κ1) is 22.3. The SMILES string of the molecule is Cc1cccc(-c2cc3cc[nH]c(=O)c3c(Nc3ccc(CCN4CCC[C@H]4CO)cc3)n2)n1. The van der Waals surface area contributed by atoms with Crippen LogP contribution in [0.15, 0.2) is 65.6 Å². The highest BCUT2D eigenvalue weighted by atomic mass is 16.3.